The van der Waals surface area contributed by atoms with Gasteiger partial charge in [-0.15, -0.1) is 6.42 Å². The van der Waals surface area contributed by atoms with E-state index in [4.69, 9.17) is 17.9 Å². The largest absolute Gasteiger partial charge is 0.325 e. The third-order valence-corrected chi connectivity index (χ3v) is 0.814. The number of nitrogens with two attached hydrogens (primary N) is 2. The van der Waals surface area contributed by atoms with Crippen molar-refractivity contribution in [3.05, 3.63) is 12.2 Å². The van der Waals surface area contributed by atoms with Crippen molar-refractivity contribution < 1.29 is 0 Å². The maximum Gasteiger partial charge on any atom is 0.0848 e. The highest BCUT2D eigenvalue weighted by atomic mass is 14.6. The van der Waals surface area contributed by atoms with Crippen molar-refractivity contribution in [2.45, 2.75) is 19.0 Å². The summed E-state index contributed by atoms with van der Waals surface area (Å²) < 4.78 is 0. The minimum Gasteiger partial charge on any atom is -0.325 e. The van der Waals surface area contributed by atoms with Crippen LogP contribution in [0, 0.1) is 12.3 Å². The zero-order chi connectivity index (χ0) is 7.28. The van der Waals surface area contributed by atoms with Crippen molar-refractivity contribution in [3.63, 3.8) is 0 Å². The molecule has 50 valence electrons. The lowest BCUT2D eigenvalue weighted by Crippen LogP contribution is -2.16. The van der Waals surface area contributed by atoms with E-state index in [1.807, 2.05) is 6.92 Å². The molecule has 0 radical (unpaired) electrons. The summed E-state index contributed by atoms with van der Waals surface area (Å²) in [5.74, 6) is 2.36. The van der Waals surface area contributed by atoms with Crippen LogP contribution in [0.15, 0.2) is 12.2 Å². The first-order valence-electron chi connectivity index (χ1n) is 2.82. The van der Waals surface area contributed by atoms with E-state index in [-0.39, 0.29) is 12.1 Å². The summed E-state index contributed by atoms with van der Waals surface area (Å²) in [6.07, 6.45) is 8.49. The molecule has 2 heteroatoms. The topological polar surface area (TPSA) is 52.0 Å². The molecular weight excluding hydrogens is 112 g/mol. The van der Waals surface area contributed by atoms with Crippen LogP contribution >= 0.6 is 0 Å². The molecule has 0 saturated carbocycles. The Balaban J connectivity index is 3.60. The lowest BCUT2D eigenvalue weighted by Gasteiger charge is -1.96. The number of hydrogen-bond acceptors (Lipinski definition) is 2. The van der Waals surface area contributed by atoms with Gasteiger partial charge in [0.05, 0.1) is 6.04 Å². The molecule has 0 aliphatic carbocycles. The van der Waals surface area contributed by atoms with Crippen LogP contribution < -0.4 is 11.5 Å². The van der Waals surface area contributed by atoms with Gasteiger partial charge in [0.2, 0.25) is 0 Å². The third-order valence-electron chi connectivity index (χ3n) is 0.814. The van der Waals surface area contributed by atoms with Gasteiger partial charge in [-0.1, -0.05) is 18.1 Å². The highest BCUT2D eigenvalue weighted by molar-refractivity contribution is 5.10. The average molecular weight is 124 g/mol. The minimum absolute atomic E-state index is 0.0319. The molecule has 9 heavy (non-hydrogen) atoms. The van der Waals surface area contributed by atoms with Crippen LogP contribution in [0.1, 0.15) is 6.92 Å². The molecule has 0 saturated heterocycles. The van der Waals surface area contributed by atoms with E-state index < -0.39 is 0 Å². The van der Waals surface area contributed by atoms with Crippen LogP contribution in [0.3, 0.4) is 0 Å². The van der Waals surface area contributed by atoms with E-state index in [0.29, 0.717) is 0 Å². The fraction of sp³-hybridized carbons (Fsp3) is 0.429. The molecular formula is C7H12N2. The summed E-state index contributed by atoms with van der Waals surface area (Å²) in [5.41, 5.74) is 10.7. The van der Waals surface area contributed by atoms with Crippen LogP contribution in [0.25, 0.3) is 0 Å². The van der Waals surface area contributed by atoms with Gasteiger partial charge in [0, 0.05) is 6.04 Å². The molecule has 2 unspecified atom stereocenters. The van der Waals surface area contributed by atoms with Crippen molar-refractivity contribution in [2.24, 2.45) is 11.5 Å². The first-order valence-corrected chi connectivity index (χ1v) is 2.82. The smallest absolute Gasteiger partial charge is 0.0848 e. The van der Waals surface area contributed by atoms with Crippen molar-refractivity contribution >= 4 is 0 Å². The number of hydrogen-bond donors (Lipinski definition) is 2. The SMILES string of the molecule is C#CC(N)C=CC(C)N. The van der Waals surface area contributed by atoms with Gasteiger partial charge < -0.3 is 11.5 Å². The number of rotatable bonds is 2. The summed E-state index contributed by atoms with van der Waals surface area (Å²) in [6.45, 7) is 1.86. The van der Waals surface area contributed by atoms with Crippen LogP contribution in [0.5, 0.6) is 0 Å². The molecule has 0 rings (SSSR count). The summed E-state index contributed by atoms with van der Waals surface area (Å²) >= 11 is 0. The molecule has 0 aromatic carbocycles. The third kappa shape index (κ3) is 5.09. The molecule has 0 amide bonds. The maximum absolute atomic E-state index is 5.38. The molecule has 0 bridgehead atoms. The van der Waals surface area contributed by atoms with Gasteiger partial charge in [0.25, 0.3) is 0 Å². The highest BCUT2D eigenvalue weighted by Crippen LogP contribution is 1.81. The predicted octanol–water partition coefficient (Wildman–Crippen LogP) is -0.150. The fourth-order valence-electron chi connectivity index (χ4n) is 0.351. The molecule has 0 aromatic heterocycles. The second-order valence-corrected chi connectivity index (χ2v) is 1.94. The van der Waals surface area contributed by atoms with Gasteiger partial charge >= 0.3 is 0 Å². The lowest BCUT2D eigenvalue weighted by molar-refractivity contribution is 0.910. The van der Waals surface area contributed by atoms with E-state index in [2.05, 4.69) is 5.92 Å². The van der Waals surface area contributed by atoms with E-state index >= 15 is 0 Å². The second kappa shape index (κ2) is 4.13. The molecule has 0 aliphatic rings. The Labute approximate surface area is 55.9 Å². The highest BCUT2D eigenvalue weighted by Gasteiger charge is 1.88. The minimum atomic E-state index is -0.295. The van der Waals surface area contributed by atoms with Crippen LogP contribution in [0.4, 0.5) is 0 Å². The first-order chi connectivity index (χ1) is 4.16. The van der Waals surface area contributed by atoms with Crippen molar-refractivity contribution in [2.75, 3.05) is 0 Å². The molecule has 0 aromatic rings. The summed E-state index contributed by atoms with van der Waals surface area (Å²) in [7, 11) is 0. The standard InChI is InChI=1S/C7H12N2/c1-3-7(9)5-4-6(2)8/h1,4-7H,8-9H2,2H3. The Morgan fingerprint density at radius 1 is 1.44 bits per heavy atom. The summed E-state index contributed by atoms with van der Waals surface area (Å²) in [4.78, 5) is 0. The van der Waals surface area contributed by atoms with Gasteiger partial charge in [-0.3, -0.25) is 0 Å². The first kappa shape index (κ1) is 8.22. The predicted molar refractivity (Wildman–Crippen MR) is 39.6 cm³/mol. The Morgan fingerprint density at radius 3 is 2.33 bits per heavy atom. The Morgan fingerprint density at radius 2 is 2.00 bits per heavy atom. The second-order valence-electron chi connectivity index (χ2n) is 1.94. The zero-order valence-electron chi connectivity index (χ0n) is 5.54. The monoisotopic (exact) mass is 124 g/mol. The quantitative estimate of drug-likeness (QED) is 0.397. The van der Waals surface area contributed by atoms with E-state index in [1.165, 1.54) is 0 Å². The molecule has 2 atom stereocenters. The van der Waals surface area contributed by atoms with Crippen molar-refractivity contribution in [1.29, 1.82) is 0 Å². The van der Waals surface area contributed by atoms with Crippen LogP contribution in [0.2, 0.25) is 0 Å². The van der Waals surface area contributed by atoms with Crippen molar-refractivity contribution in [3.8, 4) is 12.3 Å². The van der Waals surface area contributed by atoms with Gasteiger partial charge in [0.15, 0.2) is 0 Å². The molecule has 0 aliphatic heterocycles. The van der Waals surface area contributed by atoms with E-state index in [0.717, 1.165) is 0 Å². The van der Waals surface area contributed by atoms with Gasteiger partial charge in [-0.25, -0.2) is 0 Å². The van der Waals surface area contributed by atoms with Gasteiger partial charge in [0.1, 0.15) is 0 Å². The van der Waals surface area contributed by atoms with E-state index in [1.54, 1.807) is 12.2 Å². The average Bonchev–Trinajstić information content (AvgIpc) is 1.83. The molecule has 0 fully saturated rings. The van der Waals surface area contributed by atoms with Crippen LogP contribution in [-0.2, 0) is 0 Å². The van der Waals surface area contributed by atoms with E-state index in [9.17, 15) is 0 Å². The molecule has 2 nitrogen and oxygen atoms in total. The van der Waals surface area contributed by atoms with Crippen molar-refractivity contribution in [1.82, 2.24) is 0 Å². The Hall–Kier alpha value is -0.780. The maximum atomic E-state index is 5.38. The molecule has 0 heterocycles. The molecule has 4 N–H and O–H groups in total. The fourth-order valence-corrected chi connectivity index (χ4v) is 0.351. The zero-order valence-corrected chi connectivity index (χ0v) is 5.54. The lowest BCUT2D eigenvalue weighted by atomic mass is 10.2. The summed E-state index contributed by atoms with van der Waals surface area (Å²) in [5, 5.41) is 0. The molecule has 0 spiro atoms. The normalized spacial score (nSPS) is 17.1. The van der Waals surface area contributed by atoms with Gasteiger partial charge in [-0.05, 0) is 6.92 Å². The number of terminal acetylenes is 1. The summed E-state index contributed by atoms with van der Waals surface area (Å²) in [6, 6.07) is -0.264. The van der Waals surface area contributed by atoms with Gasteiger partial charge in [-0.2, -0.15) is 0 Å². The Bertz CT molecular complexity index is 130. The van der Waals surface area contributed by atoms with Crippen LogP contribution in [-0.4, -0.2) is 12.1 Å². The Kier molecular flexibility index (Phi) is 3.78.